The largest absolute Gasteiger partial charge is 0.494 e. The van der Waals surface area contributed by atoms with Gasteiger partial charge >= 0.3 is 6.03 Å². The van der Waals surface area contributed by atoms with Crippen LogP contribution in [-0.4, -0.2) is 40.6 Å². The number of rotatable bonds is 7. The molecule has 3 amide bonds. The molecule has 2 aliphatic rings. The number of hydrogen-bond acceptors (Lipinski definition) is 3. The Morgan fingerprint density at radius 3 is 2.36 bits per heavy atom. The molecule has 1 aromatic heterocycles. The van der Waals surface area contributed by atoms with Crippen molar-refractivity contribution >= 4 is 23.3 Å². The Morgan fingerprint density at radius 1 is 0.949 bits per heavy atom. The molecule has 8 heteroatoms. The summed E-state index contributed by atoms with van der Waals surface area (Å²) >= 11 is 0. The summed E-state index contributed by atoms with van der Waals surface area (Å²) in [6.07, 6.45) is 3.67. The lowest BCUT2D eigenvalue weighted by atomic mass is 9.97. The van der Waals surface area contributed by atoms with Gasteiger partial charge in [0, 0.05) is 17.9 Å². The lowest BCUT2D eigenvalue weighted by molar-refractivity contribution is -0.119. The van der Waals surface area contributed by atoms with Crippen LogP contribution in [0.4, 0.5) is 20.6 Å². The molecule has 1 fully saturated rings. The zero-order valence-electron chi connectivity index (χ0n) is 21.6. The zero-order chi connectivity index (χ0) is 26.9. The third-order valence-corrected chi connectivity index (χ3v) is 7.14. The monoisotopic (exact) mass is 524 g/mol. The highest BCUT2D eigenvalue weighted by molar-refractivity contribution is 6.01. The fraction of sp³-hybridized carbons (Fsp3) is 0.226. The number of carbonyl (C=O) groups excluding carboxylic acids is 2. The molecule has 6 rings (SSSR count). The number of amides is 3. The number of carbonyl (C=O) groups is 2. The Kier molecular flexibility index (Phi) is 6.52. The van der Waals surface area contributed by atoms with E-state index < -0.39 is 6.04 Å². The minimum absolute atomic E-state index is 0.00446. The van der Waals surface area contributed by atoms with Crippen molar-refractivity contribution in [2.45, 2.75) is 31.8 Å². The average Bonchev–Trinajstić information content (AvgIpc) is 3.67. The first-order valence-electron chi connectivity index (χ1n) is 13.2. The van der Waals surface area contributed by atoms with E-state index in [9.17, 15) is 14.0 Å². The number of nitrogens with one attached hydrogen (secondary N) is 1. The summed E-state index contributed by atoms with van der Waals surface area (Å²) in [7, 11) is 0. The maximum atomic E-state index is 14.2. The van der Waals surface area contributed by atoms with Crippen LogP contribution in [0.3, 0.4) is 0 Å². The third kappa shape index (κ3) is 4.85. The van der Waals surface area contributed by atoms with E-state index in [1.54, 1.807) is 46.2 Å². The van der Waals surface area contributed by atoms with Crippen molar-refractivity contribution in [3.63, 3.8) is 0 Å². The standard InChI is InChI=1S/C31H29FN4O3/c1-2-39-25-17-13-23(14-18-25)33-31(38)35(24-15-16-24)20-29(37)36-27-7-4-3-6-26(27)34-19-5-8-28(34)30(36)21-9-11-22(32)12-10-21/h3-14,17-19,24,30H,2,15-16,20H2,1H3,(H,33,38). The van der Waals surface area contributed by atoms with Gasteiger partial charge in [0.05, 0.1) is 23.7 Å². The lowest BCUT2D eigenvalue weighted by Crippen LogP contribution is -2.48. The SMILES string of the molecule is CCOc1ccc(NC(=O)N(CC(=O)N2c3ccccc3-n3cccc3C2c2ccc(F)cc2)C2CC2)cc1. The minimum Gasteiger partial charge on any atom is -0.494 e. The van der Waals surface area contributed by atoms with Gasteiger partial charge in [-0.2, -0.15) is 0 Å². The number of urea groups is 1. The topological polar surface area (TPSA) is 66.8 Å². The zero-order valence-corrected chi connectivity index (χ0v) is 21.6. The molecule has 4 aromatic rings. The van der Waals surface area contributed by atoms with Gasteiger partial charge in [-0.3, -0.25) is 9.69 Å². The van der Waals surface area contributed by atoms with Gasteiger partial charge in [-0.05, 0) is 86.0 Å². The van der Waals surface area contributed by atoms with Crippen LogP contribution in [0.1, 0.15) is 37.1 Å². The number of aromatic nitrogens is 1. The van der Waals surface area contributed by atoms with Gasteiger partial charge in [-0.15, -0.1) is 0 Å². The van der Waals surface area contributed by atoms with Crippen LogP contribution in [0, 0.1) is 5.82 Å². The molecule has 7 nitrogen and oxygen atoms in total. The second kappa shape index (κ2) is 10.3. The van der Waals surface area contributed by atoms with Crippen LogP contribution < -0.4 is 15.0 Å². The van der Waals surface area contributed by atoms with Crippen molar-refractivity contribution in [3.8, 4) is 11.4 Å². The summed E-state index contributed by atoms with van der Waals surface area (Å²) in [6, 6.07) is 24.3. The van der Waals surface area contributed by atoms with Crippen LogP contribution >= 0.6 is 0 Å². The van der Waals surface area contributed by atoms with E-state index in [1.807, 2.05) is 49.5 Å². The van der Waals surface area contributed by atoms with Crippen molar-refractivity contribution in [3.05, 3.63) is 108 Å². The Labute approximate surface area is 226 Å². The molecule has 39 heavy (non-hydrogen) atoms. The number of nitrogens with zero attached hydrogens (tertiary/aromatic N) is 3. The molecule has 2 heterocycles. The highest BCUT2D eigenvalue weighted by Crippen LogP contribution is 2.42. The Hall–Kier alpha value is -4.59. The molecular formula is C31H29FN4O3. The molecule has 1 N–H and O–H groups in total. The Bertz CT molecular complexity index is 1500. The predicted molar refractivity (Wildman–Crippen MR) is 148 cm³/mol. The number of benzene rings is 3. The van der Waals surface area contributed by atoms with Crippen molar-refractivity contribution < 1.29 is 18.7 Å². The molecule has 1 atom stereocenters. The molecule has 1 aliphatic heterocycles. The van der Waals surface area contributed by atoms with Gasteiger partial charge in [0.25, 0.3) is 0 Å². The highest BCUT2D eigenvalue weighted by atomic mass is 19.1. The highest BCUT2D eigenvalue weighted by Gasteiger charge is 2.40. The van der Waals surface area contributed by atoms with E-state index in [0.717, 1.165) is 41.2 Å². The van der Waals surface area contributed by atoms with Gasteiger partial charge in [-0.1, -0.05) is 24.3 Å². The first-order valence-corrected chi connectivity index (χ1v) is 13.2. The maximum Gasteiger partial charge on any atom is 0.322 e. The summed E-state index contributed by atoms with van der Waals surface area (Å²) in [5, 5.41) is 2.94. The first kappa shape index (κ1) is 24.7. The Morgan fingerprint density at radius 2 is 1.67 bits per heavy atom. The molecule has 3 aromatic carbocycles. The van der Waals surface area contributed by atoms with Crippen molar-refractivity contribution in [1.82, 2.24) is 9.47 Å². The first-order chi connectivity index (χ1) is 19.0. The normalized spacial score (nSPS) is 15.7. The van der Waals surface area contributed by atoms with Crippen LogP contribution in [-0.2, 0) is 4.79 Å². The van der Waals surface area contributed by atoms with Gasteiger partial charge in [-0.25, -0.2) is 9.18 Å². The van der Waals surface area contributed by atoms with Crippen molar-refractivity contribution in [2.75, 3.05) is 23.4 Å². The van der Waals surface area contributed by atoms with Crippen LogP contribution in [0.5, 0.6) is 5.75 Å². The third-order valence-electron chi connectivity index (χ3n) is 7.14. The average molecular weight is 525 g/mol. The second-order valence-corrected chi connectivity index (χ2v) is 9.76. The molecule has 1 aliphatic carbocycles. The van der Waals surface area contributed by atoms with Gasteiger partial charge < -0.3 is 19.5 Å². The van der Waals surface area contributed by atoms with E-state index in [4.69, 9.17) is 4.74 Å². The quantitative estimate of drug-likeness (QED) is 0.316. The number of fused-ring (bicyclic) bond motifs is 3. The minimum atomic E-state index is -0.474. The van der Waals surface area contributed by atoms with Crippen molar-refractivity contribution in [2.24, 2.45) is 0 Å². The van der Waals surface area contributed by atoms with Gasteiger partial charge in [0.2, 0.25) is 5.91 Å². The summed E-state index contributed by atoms with van der Waals surface area (Å²) in [5.74, 6) is 0.178. The van der Waals surface area contributed by atoms with E-state index >= 15 is 0 Å². The molecule has 0 bridgehead atoms. The fourth-order valence-electron chi connectivity index (χ4n) is 5.19. The van der Waals surface area contributed by atoms with E-state index in [2.05, 4.69) is 9.88 Å². The smallest absolute Gasteiger partial charge is 0.322 e. The molecule has 1 saturated carbocycles. The van der Waals surface area contributed by atoms with Crippen LogP contribution in [0.25, 0.3) is 5.69 Å². The molecular weight excluding hydrogens is 495 g/mol. The molecule has 0 saturated heterocycles. The van der Waals surface area contributed by atoms with E-state index in [0.29, 0.717) is 12.3 Å². The number of hydrogen-bond donors (Lipinski definition) is 1. The molecule has 0 spiro atoms. The van der Waals surface area contributed by atoms with Gasteiger partial charge in [0.15, 0.2) is 0 Å². The fourth-order valence-corrected chi connectivity index (χ4v) is 5.19. The second-order valence-electron chi connectivity index (χ2n) is 9.76. The van der Waals surface area contributed by atoms with E-state index in [1.165, 1.54) is 12.1 Å². The number of para-hydroxylation sites is 2. The maximum absolute atomic E-state index is 14.2. The molecule has 0 radical (unpaired) electrons. The summed E-state index contributed by atoms with van der Waals surface area (Å²) in [6.45, 7) is 2.39. The predicted octanol–water partition coefficient (Wildman–Crippen LogP) is 6.15. The number of halogens is 1. The summed E-state index contributed by atoms with van der Waals surface area (Å²) in [5.41, 5.74) is 3.93. The number of ether oxygens (including phenoxy) is 1. The molecule has 198 valence electrons. The summed E-state index contributed by atoms with van der Waals surface area (Å²) in [4.78, 5) is 30.9. The lowest BCUT2D eigenvalue weighted by Gasteiger charge is -2.39. The summed E-state index contributed by atoms with van der Waals surface area (Å²) < 4.78 is 21.4. The number of anilines is 2. The van der Waals surface area contributed by atoms with Gasteiger partial charge in [0.1, 0.15) is 24.2 Å². The molecule has 1 unspecified atom stereocenters. The van der Waals surface area contributed by atoms with Crippen LogP contribution in [0.15, 0.2) is 91.1 Å². The van der Waals surface area contributed by atoms with Crippen molar-refractivity contribution in [1.29, 1.82) is 0 Å². The van der Waals surface area contributed by atoms with Crippen LogP contribution in [0.2, 0.25) is 0 Å². The van der Waals surface area contributed by atoms with E-state index in [-0.39, 0.29) is 30.3 Å². The Balaban J connectivity index is 1.31.